The molecule has 4 nitrogen and oxygen atoms in total. The van der Waals surface area contributed by atoms with Gasteiger partial charge in [0.05, 0.1) is 6.04 Å². The van der Waals surface area contributed by atoms with Crippen LogP contribution in [0.1, 0.15) is 31.2 Å². The molecule has 2 rings (SSSR count). The molecule has 1 aromatic carbocycles. The lowest BCUT2D eigenvalue weighted by Crippen LogP contribution is -2.50. The molecule has 2 amide bonds. The highest BCUT2D eigenvalue weighted by atomic mass is 35.5. The minimum atomic E-state index is -0.200. The molecule has 0 saturated carbocycles. The highest BCUT2D eigenvalue weighted by Crippen LogP contribution is 2.06. The first-order chi connectivity index (χ1) is 9.25. The van der Waals surface area contributed by atoms with Crippen LogP contribution < -0.4 is 10.6 Å². The Labute approximate surface area is 125 Å². The van der Waals surface area contributed by atoms with Crippen LogP contribution in [0.25, 0.3) is 0 Å². The molecule has 1 aliphatic heterocycles. The molecule has 20 heavy (non-hydrogen) atoms. The number of halogens is 1. The van der Waals surface area contributed by atoms with Gasteiger partial charge in [0.1, 0.15) is 0 Å². The zero-order chi connectivity index (χ0) is 13.5. The zero-order valence-electron chi connectivity index (χ0n) is 11.4. The number of hydrogen-bond acceptors (Lipinski definition) is 3. The Balaban J connectivity index is 0.00000200. The summed E-state index contributed by atoms with van der Waals surface area (Å²) in [6.45, 7) is 0.819. The van der Waals surface area contributed by atoms with Crippen LogP contribution in [0.15, 0.2) is 30.3 Å². The fourth-order valence-electron chi connectivity index (χ4n) is 2.26. The van der Waals surface area contributed by atoms with Gasteiger partial charge in [0, 0.05) is 6.42 Å². The third-order valence-corrected chi connectivity index (χ3v) is 3.36. The highest BCUT2D eigenvalue weighted by Gasteiger charge is 2.25. The number of benzene rings is 1. The van der Waals surface area contributed by atoms with E-state index in [4.69, 9.17) is 0 Å². The lowest BCUT2D eigenvalue weighted by Gasteiger charge is -2.21. The Morgan fingerprint density at radius 3 is 2.60 bits per heavy atom. The molecule has 1 fully saturated rings. The maximum Gasteiger partial charge on any atom is 0.243 e. The van der Waals surface area contributed by atoms with Gasteiger partial charge in [-0.05, 0) is 37.8 Å². The maximum absolute atomic E-state index is 11.5. The van der Waals surface area contributed by atoms with Crippen molar-refractivity contribution in [1.29, 1.82) is 0 Å². The van der Waals surface area contributed by atoms with Crippen LogP contribution in [0.5, 0.6) is 0 Å². The van der Waals surface area contributed by atoms with E-state index in [-0.39, 0.29) is 30.3 Å². The topological polar surface area (TPSA) is 58.2 Å². The summed E-state index contributed by atoms with van der Waals surface area (Å²) < 4.78 is 0. The summed E-state index contributed by atoms with van der Waals surface area (Å²) in [5, 5.41) is 5.57. The van der Waals surface area contributed by atoms with Crippen LogP contribution in [0.4, 0.5) is 0 Å². The summed E-state index contributed by atoms with van der Waals surface area (Å²) in [6.07, 6.45) is 4.26. The molecule has 0 spiro atoms. The lowest BCUT2D eigenvalue weighted by molar-refractivity contribution is -0.134. The molecular weight excluding hydrogens is 276 g/mol. The molecule has 1 aliphatic rings. The van der Waals surface area contributed by atoms with Crippen molar-refractivity contribution in [3.05, 3.63) is 35.9 Å². The van der Waals surface area contributed by atoms with E-state index in [0.29, 0.717) is 12.8 Å². The number of hydrogen-bond donors (Lipinski definition) is 2. The average Bonchev–Trinajstić information content (AvgIpc) is 2.42. The van der Waals surface area contributed by atoms with Crippen LogP contribution in [-0.4, -0.2) is 24.4 Å². The van der Waals surface area contributed by atoms with Gasteiger partial charge < -0.3 is 5.32 Å². The quantitative estimate of drug-likeness (QED) is 0.622. The second-order valence-corrected chi connectivity index (χ2v) is 4.90. The van der Waals surface area contributed by atoms with Crippen molar-refractivity contribution in [3.63, 3.8) is 0 Å². The van der Waals surface area contributed by atoms with Crippen molar-refractivity contribution in [3.8, 4) is 0 Å². The predicted molar refractivity (Wildman–Crippen MR) is 80.8 cm³/mol. The Bertz CT molecular complexity index is 437. The van der Waals surface area contributed by atoms with Gasteiger partial charge in [-0.2, -0.15) is 0 Å². The van der Waals surface area contributed by atoms with E-state index in [0.717, 1.165) is 25.8 Å². The molecule has 5 heteroatoms. The van der Waals surface area contributed by atoms with E-state index in [2.05, 4.69) is 34.9 Å². The molecule has 0 aliphatic carbocycles. The number of unbranched alkanes of at least 4 members (excludes halogenated alkanes) is 1. The standard InChI is InChI=1S/C15H20N2O2.ClH/c18-14-10-9-13(15(19)17-14)16-11-5-4-8-12-6-2-1-3-7-12;/h1-3,6-7,13,16H,4-5,8-11H2,(H,17,18,19);1H. The fraction of sp³-hybridized carbons (Fsp3) is 0.467. The molecule has 1 atom stereocenters. The largest absolute Gasteiger partial charge is 0.306 e. The Morgan fingerprint density at radius 2 is 1.90 bits per heavy atom. The van der Waals surface area contributed by atoms with Crippen molar-refractivity contribution >= 4 is 24.2 Å². The van der Waals surface area contributed by atoms with Crippen molar-refractivity contribution < 1.29 is 9.59 Å². The summed E-state index contributed by atoms with van der Waals surface area (Å²) in [5.41, 5.74) is 1.35. The number of nitrogens with one attached hydrogen (secondary N) is 2. The first-order valence-corrected chi connectivity index (χ1v) is 6.87. The molecule has 0 bridgehead atoms. The highest BCUT2D eigenvalue weighted by molar-refractivity contribution is 6.00. The second-order valence-electron chi connectivity index (χ2n) is 4.90. The number of amides is 2. The van der Waals surface area contributed by atoms with Crippen LogP contribution in [0, 0.1) is 0 Å². The van der Waals surface area contributed by atoms with Crippen molar-refractivity contribution in [2.24, 2.45) is 0 Å². The molecule has 1 saturated heterocycles. The molecule has 110 valence electrons. The minimum Gasteiger partial charge on any atom is -0.306 e. The molecule has 1 unspecified atom stereocenters. The summed E-state index contributed by atoms with van der Waals surface area (Å²) in [6, 6.07) is 10.2. The average molecular weight is 297 g/mol. The summed E-state index contributed by atoms with van der Waals surface area (Å²) in [5.74, 6) is -0.341. The van der Waals surface area contributed by atoms with Gasteiger partial charge in [0.2, 0.25) is 11.8 Å². The zero-order valence-corrected chi connectivity index (χ0v) is 12.2. The van der Waals surface area contributed by atoms with E-state index in [1.54, 1.807) is 0 Å². The number of rotatable bonds is 6. The number of piperidine rings is 1. The van der Waals surface area contributed by atoms with Gasteiger partial charge in [0.15, 0.2) is 0 Å². The molecule has 2 N–H and O–H groups in total. The smallest absolute Gasteiger partial charge is 0.243 e. The van der Waals surface area contributed by atoms with Crippen molar-refractivity contribution in [2.45, 2.75) is 38.1 Å². The SMILES string of the molecule is Cl.O=C1CCC(NCCCCc2ccccc2)C(=O)N1. The summed E-state index contributed by atoms with van der Waals surface area (Å²) in [4.78, 5) is 22.5. The van der Waals surface area contributed by atoms with E-state index >= 15 is 0 Å². The van der Waals surface area contributed by atoms with Crippen molar-refractivity contribution in [2.75, 3.05) is 6.54 Å². The van der Waals surface area contributed by atoms with E-state index in [1.165, 1.54) is 5.56 Å². The number of imide groups is 1. The van der Waals surface area contributed by atoms with Crippen LogP contribution >= 0.6 is 12.4 Å². The van der Waals surface area contributed by atoms with Crippen LogP contribution in [-0.2, 0) is 16.0 Å². The lowest BCUT2D eigenvalue weighted by atomic mass is 10.1. The van der Waals surface area contributed by atoms with Crippen LogP contribution in [0.3, 0.4) is 0 Å². The monoisotopic (exact) mass is 296 g/mol. The summed E-state index contributed by atoms with van der Waals surface area (Å²) in [7, 11) is 0. The van der Waals surface area contributed by atoms with Gasteiger partial charge in [-0.3, -0.25) is 14.9 Å². The minimum absolute atomic E-state index is 0. The predicted octanol–water partition coefficient (Wildman–Crippen LogP) is 1.83. The number of carbonyl (C=O) groups excluding carboxylic acids is 2. The maximum atomic E-state index is 11.5. The first-order valence-electron chi connectivity index (χ1n) is 6.87. The van der Waals surface area contributed by atoms with Crippen molar-refractivity contribution in [1.82, 2.24) is 10.6 Å². The van der Waals surface area contributed by atoms with E-state index in [1.807, 2.05) is 6.07 Å². The third kappa shape index (κ3) is 5.31. The second kappa shape index (κ2) is 8.72. The first kappa shape index (κ1) is 16.7. The number of aryl methyl sites for hydroxylation is 1. The number of carbonyl (C=O) groups is 2. The van der Waals surface area contributed by atoms with Gasteiger partial charge in [0.25, 0.3) is 0 Å². The van der Waals surface area contributed by atoms with E-state index < -0.39 is 0 Å². The Morgan fingerprint density at radius 1 is 1.15 bits per heavy atom. The molecule has 1 heterocycles. The van der Waals surface area contributed by atoms with E-state index in [9.17, 15) is 9.59 Å². The third-order valence-electron chi connectivity index (χ3n) is 3.36. The normalized spacial score (nSPS) is 18.3. The molecule has 1 aromatic rings. The molecular formula is C15H21ClN2O2. The Hall–Kier alpha value is -1.39. The molecule has 0 radical (unpaired) electrons. The summed E-state index contributed by atoms with van der Waals surface area (Å²) >= 11 is 0. The molecule has 0 aromatic heterocycles. The fourth-order valence-corrected chi connectivity index (χ4v) is 2.26. The Kier molecular flexibility index (Phi) is 7.26. The van der Waals surface area contributed by atoms with Crippen LogP contribution in [0.2, 0.25) is 0 Å². The van der Waals surface area contributed by atoms with Gasteiger partial charge in [-0.25, -0.2) is 0 Å². The van der Waals surface area contributed by atoms with Gasteiger partial charge >= 0.3 is 0 Å². The van der Waals surface area contributed by atoms with Gasteiger partial charge in [-0.1, -0.05) is 30.3 Å². The van der Waals surface area contributed by atoms with Gasteiger partial charge in [-0.15, -0.1) is 12.4 Å².